The van der Waals surface area contributed by atoms with Crippen molar-refractivity contribution in [3.63, 3.8) is 0 Å². The van der Waals surface area contributed by atoms with Crippen LogP contribution in [-0.4, -0.2) is 22.9 Å². The number of aryl methyl sites for hydroxylation is 2. The maximum absolute atomic E-state index is 10.6. The Bertz CT molecular complexity index is 629. The quantitative estimate of drug-likeness (QED) is 0.872. The number of aromatic amines is 1. The minimum Gasteiger partial charge on any atom is -0.481 e. The van der Waals surface area contributed by atoms with Crippen molar-refractivity contribution in [3.8, 4) is 11.5 Å². The second kappa shape index (κ2) is 3.94. The molecule has 2 heterocycles. The highest BCUT2D eigenvalue weighted by Gasteiger charge is 2.17. The molecule has 1 aliphatic heterocycles. The molecule has 0 amide bonds. The molecule has 5 heteroatoms. The summed E-state index contributed by atoms with van der Waals surface area (Å²) in [5.74, 6) is 0.685. The molecule has 0 aliphatic carbocycles. The number of H-pyrrole nitrogens is 1. The maximum Gasteiger partial charge on any atom is 0.303 e. The fourth-order valence-electron chi connectivity index (χ4n) is 2.26. The van der Waals surface area contributed by atoms with E-state index in [2.05, 4.69) is 4.98 Å². The minimum atomic E-state index is -0.790. The van der Waals surface area contributed by atoms with Crippen LogP contribution in [0.25, 0.3) is 10.9 Å². The van der Waals surface area contributed by atoms with E-state index in [0.29, 0.717) is 6.42 Å². The normalized spacial score (nSPS) is 13.2. The number of ether oxygens (including phenoxy) is 2. The third kappa shape index (κ3) is 1.68. The van der Waals surface area contributed by atoms with Gasteiger partial charge in [-0.05, 0) is 25.0 Å². The van der Waals surface area contributed by atoms with Crippen LogP contribution in [-0.2, 0) is 11.2 Å². The lowest BCUT2D eigenvalue weighted by Crippen LogP contribution is -1.98. The first-order chi connectivity index (χ1) is 8.65. The average Bonchev–Trinajstić information content (AvgIpc) is 2.89. The van der Waals surface area contributed by atoms with Gasteiger partial charge in [0.15, 0.2) is 11.5 Å². The molecule has 0 saturated heterocycles. The molecule has 3 rings (SSSR count). The van der Waals surface area contributed by atoms with Crippen LogP contribution in [0.5, 0.6) is 11.5 Å². The van der Waals surface area contributed by atoms with Crippen LogP contribution in [0.15, 0.2) is 12.1 Å². The first-order valence-corrected chi connectivity index (χ1v) is 5.78. The largest absolute Gasteiger partial charge is 0.481 e. The van der Waals surface area contributed by atoms with Gasteiger partial charge in [0.05, 0.1) is 6.42 Å². The molecular weight excluding hydrogens is 234 g/mol. The summed E-state index contributed by atoms with van der Waals surface area (Å²) in [6.45, 7) is 2.24. The zero-order valence-electron chi connectivity index (χ0n) is 9.95. The van der Waals surface area contributed by atoms with Crippen LogP contribution in [0.1, 0.15) is 17.7 Å². The van der Waals surface area contributed by atoms with Crippen molar-refractivity contribution >= 4 is 16.9 Å². The molecule has 0 unspecified atom stereocenters. The van der Waals surface area contributed by atoms with Crippen LogP contribution in [0.4, 0.5) is 0 Å². The predicted molar refractivity (Wildman–Crippen MR) is 65.1 cm³/mol. The van der Waals surface area contributed by atoms with Gasteiger partial charge < -0.3 is 19.6 Å². The van der Waals surface area contributed by atoms with E-state index < -0.39 is 5.97 Å². The average molecular weight is 247 g/mol. The molecule has 94 valence electrons. The molecule has 0 saturated carbocycles. The highest BCUT2D eigenvalue weighted by Crippen LogP contribution is 2.37. The lowest BCUT2D eigenvalue weighted by Gasteiger charge is -1.97. The lowest BCUT2D eigenvalue weighted by molar-refractivity contribution is -0.136. The number of hydrogen-bond acceptors (Lipinski definition) is 3. The van der Waals surface area contributed by atoms with E-state index in [1.807, 2.05) is 19.1 Å². The van der Waals surface area contributed by atoms with Gasteiger partial charge in [-0.15, -0.1) is 0 Å². The topological polar surface area (TPSA) is 71.5 Å². The van der Waals surface area contributed by atoms with Gasteiger partial charge in [-0.25, -0.2) is 0 Å². The summed E-state index contributed by atoms with van der Waals surface area (Å²) in [4.78, 5) is 13.9. The maximum atomic E-state index is 10.6. The van der Waals surface area contributed by atoms with Gasteiger partial charge >= 0.3 is 5.97 Å². The van der Waals surface area contributed by atoms with E-state index in [1.54, 1.807) is 0 Å². The van der Waals surface area contributed by atoms with Gasteiger partial charge in [0.1, 0.15) is 0 Å². The van der Waals surface area contributed by atoms with E-state index in [9.17, 15) is 4.79 Å². The molecule has 0 atom stereocenters. The highest BCUT2D eigenvalue weighted by molar-refractivity contribution is 5.88. The number of aromatic nitrogens is 1. The first kappa shape index (κ1) is 11.0. The van der Waals surface area contributed by atoms with E-state index in [0.717, 1.165) is 33.7 Å². The smallest absolute Gasteiger partial charge is 0.303 e. The Morgan fingerprint density at radius 1 is 1.39 bits per heavy atom. The third-order valence-electron chi connectivity index (χ3n) is 3.24. The number of nitrogens with one attached hydrogen (secondary N) is 1. The van der Waals surface area contributed by atoms with Gasteiger partial charge in [0, 0.05) is 22.7 Å². The van der Waals surface area contributed by atoms with E-state index in [4.69, 9.17) is 14.6 Å². The van der Waals surface area contributed by atoms with Crippen LogP contribution in [0, 0.1) is 6.92 Å². The standard InChI is InChI=1S/C13H13NO4/c1-7-8-4-11-12(18-6-17-11)5-10(8)14-9(7)2-3-13(15)16/h4-5,14H,2-3,6H2,1H3,(H,15,16). The summed E-state index contributed by atoms with van der Waals surface area (Å²) in [5, 5.41) is 9.78. The Morgan fingerprint density at radius 3 is 2.83 bits per heavy atom. The van der Waals surface area contributed by atoms with Crippen LogP contribution < -0.4 is 9.47 Å². The minimum absolute atomic E-state index is 0.125. The Hall–Kier alpha value is -2.17. The lowest BCUT2D eigenvalue weighted by atomic mass is 10.1. The van der Waals surface area contributed by atoms with Gasteiger partial charge in [-0.2, -0.15) is 0 Å². The van der Waals surface area contributed by atoms with Crippen molar-refractivity contribution in [2.75, 3.05) is 6.79 Å². The molecule has 1 aliphatic rings. The van der Waals surface area contributed by atoms with Crippen LogP contribution in [0.2, 0.25) is 0 Å². The first-order valence-electron chi connectivity index (χ1n) is 5.78. The monoisotopic (exact) mass is 247 g/mol. The van der Waals surface area contributed by atoms with Crippen molar-refractivity contribution in [3.05, 3.63) is 23.4 Å². The van der Waals surface area contributed by atoms with Crippen LogP contribution in [0.3, 0.4) is 0 Å². The number of benzene rings is 1. The molecule has 0 spiro atoms. The molecular formula is C13H13NO4. The van der Waals surface area contributed by atoms with E-state index in [-0.39, 0.29) is 13.2 Å². The van der Waals surface area contributed by atoms with Crippen molar-refractivity contribution in [2.45, 2.75) is 19.8 Å². The van der Waals surface area contributed by atoms with Gasteiger partial charge in [-0.1, -0.05) is 0 Å². The summed E-state index contributed by atoms with van der Waals surface area (Å²) >= 11 is 0. The van der Waals surface area contributed by atoms with Gasteiger partial charge in [-0.3, -0.25) is 4.79 Å². The Morgan fingerprint density at radius 2 is 2.11 bits per heavy atom. The Labute approximate surface area is 103 Å². The third-order valence-corrected chi connectivity index (χ3v) is 3.24. The molecule has 0 radical (unpaired) electrons. The van der Waals surface area contributed by atoms with Crippen molar-refractivity contribution in [1.82, 2.24) is 4.98 Å². The molecule has 1 aromatic carbocycles. The number of aliphatic carboxylic acids is 1. The van der Waals surface area contributed by atoms with Crippen molar-refractivity contribution < 1.29 is 19.4 Å². The predicted octanol–water partition coefficient (Wildman–Crippen LogP) is 2.22. The van der Waals surface area contributed by atoms with Gasteiger partial charge in [0.25, 0.3) is 0 Å². The number of carboxylic acid groups (broad SMARTS) is 1. The number of hydrogen-bond donors (Lipinski definition) is 2. The Kier molecular flexibility index (Phi) is 2.40. The van der Waals surface area contributed by atoms with E-state index >= 15 is 0 Å². The fourth-order valence-corrected chi connectivity index (χ4v) is 2.26. The van der Waals surface area contributed by atoms with Crippen LogP contribution >= 0.6 is 0 Å². The summed E-state index contributed by atoms with van der Waals surface area (Å²) in [6, 6.07) is 3.84. The van der Waals surface area contributed by atoms with E-state index in [1.165, 1.54) is 0 Å². The fraction of sp³-hybridized carbons (Fsp3) is 0.308. The Balaban J connectivity index is 2.03. The molecule has 1 aromatic heterocycles. The second-order valence-corrected chi connectivity index (χ2v) is 4.37. The number of carboxylic acids is 1. The number of carbonyl (C=O) groups is 1. The summed E-state index contributed by atoms with van der Waals surface area (Å²) in [6.07, 6.45) is 0.628. The van der Waals surface area contributed by atoms with Gasteiger partial charge in [0.2, 0.25) is 6.79 Å². The summed E-state index contributed by atoms with van der Waals surface area (Å²) in [5.41, 5.74) is 2.98. The number of fused-ring (bicyclic) bond motifs is 2. The molecule has 0 bridgehead atoms. The van der Waals surface area contributed by atoms with Crippen molar-refractivity contribution in [1.29, 1.82) is 0 Å². The SMILES string of the molecule is Cc1c(CCC(=O)O)[nH]c2cc3c(cc12)OCO3. The molecule has 2 aromatic rings. The summed E-state index contributed by atoms with van der Waals surface area (Å²) < 4.78 is 10.7. The zero-order chi connectivity index (χ0) is 12.7. The van der Waals surface area contributed by atoms with Crippen molar-refractivity contribution in [2.24, 2.45) is 0 Å². The molecule has 2 N–H and O–H groups in total. The highest BCUT2D eigenvalue weighted by atomic mass is 16.7. The molecule has 0 fully saturated rings. The second-order valence-electron chi connectivity index (χ2n) is 4.37. The summed E-state index contributed by atoms with van der Waals surface area (Å²) in [7, 11) is 0. The zero-order valence-corrected chi connectivity index (χ0v) is 9.95. The molecule has 18 heavy (non-hydrogen) atoms. The number of rotatable bonds is 3. The molecule has 5 nitrogen and oxygen atoms in total.